The minimum absolute atomic E-state index is 0.109. The summed E-state index contributed by atoms with van der Waals surface area (Å²) in [6, 6.07) is 13.6. The first-order valence-electron chi connectivity index (χ1n) is 8.20. The van der Waals surface area contributed by atoms with Crippen molar-refractivity contribution in [3.8, 4) is 11.5 Å². The molecule has 0 radical (unpaired) electrons. The molecule has 0 spiro atoms. The number of para-hydroxylation sites is 1. The number of H-pyrrole nitrogens is 1. The highest BCUT2D eigenvalue weighted by Crippen LogP contribution is 2.25. The fraction of sp³-hybridized carbons (Fsp3) is 0.250. The summed E-state index contributed by atoms with van der Waals surface area (Å²) in [5, 5.41) is 4.00. The number of carbonyl (C=O) groups excluding carboxylic acids is 1. The minimum Gasteiger partial charge on any atom is -0.497 e. The molecule has 0 aliphatic carbocycles. The molecule has 0 unspecified atom stereocenters. The summed E-state index contributed by atoms with van der Waals surface area (Å²) in [4.78, 5) is 15.7. The number of aryl methyl sites for hydroxylation is 1. The minimum atomic E-state index is -0.109. The Balaban J connectivity index is 1.71. The number of hydrogen-bond donors (Lipinski definition) is 2. The van der Waals surface area contributed by atoms with E-state index in [1.54, 1.807) is 14.2 Å². The molecule has 1 amide bonds. The van der Waals surface area contributed by atoms with Gasteiger partial charge in [0, 0.05) is 23.5 Å². The lowest BCUT2D eigenvalue weighted by atomic mass is 10.1. The standard InChI is InChI=1S/C20H22N2O3/c1-13-16-9-8-15(24-2)12-17(16)22-19(13)20(23)21-11-10-14-6-4-5-7-18(14)25-3/h4-9,12,22H,10-11H2,1-3H3,(H,21,23). The summed E-state index contributed by atoms with van der Waals surface area (Å²) >= 11 is 0. The molecule has 3 aromatic rings. The molecule has 0 aliphatic heterocycles. The van der Waals surface area contributed by atoms with Gasteiger partial charge in [0.15, 0.2) is 0 Å². The van der Waals surface area contributed by atoms with Gasteiger partial charge in [-0.05, 0) is 42.7 Å². The van der Waals surface area contributed by atoms with Gasteiger partial charge < -0.3 is 19.8 Å². The van der Waals surface area contributed by atoms with E-state index in [0.29, 0.717) is 18.7 Å². The quantitative estimate of drug-likeness (QED) is 0.723. The van der Waals surface area contributed by atoms with Gasteiger partial charge in [-0.2, -0.15) is 0 Å². The van der Waals surface area contributed by atoms with E-state index < -0.39 is 0 Å². The second-order valence-corrected chi connectivity index (χ2v) is 5.85. The first-order chi connectivity index (χ1) is 12.1. The Morgan fingerprint density at radius 3 is 2.68 bits per heavy atom. The lowest BCUT2D eigenvalue weighted by molar-refractivity contribution is 0.0949. The van der Waals surface area contributed by atoms with Crippen LogP contribution in [0.1, 0.15) is 21.6 Å². The van der Waals surface area contributed by atoms with Crippen molar-refractivity contribution in [2.45, 2.75) is 13.3 Å². The summed E-state index contributed by atoms with van der Waals surface area (Å²) in [5.41, 5.74) is 3.49. The van der Waals surface area contributed by atoms with E-state index in [2.05, 4.69) is 10.3 Å². The van der Waals surface area contributed by atoms with Crippen molar-refractivity contribution in [3.05, 3.63) is 59.3 Å². The summed E-state index contributed by atoms with van der Waals surface area (Å²) < 4.78 is 10.6. The van der Waals surface area contributed by atoms with E-state index in [9.17, 15) is 4.79 Å². The highest BCUT2D eigenvalue weighted by molar-refractivity contribution is 6.01. The molecule has 130 valence electrons. The number of benzene rings is 2. The molecular formula is C20H22N2O3. The third-order valence-corrected chi connectivity index (χ3v) is 4.36. The molecule has 0 saturated heterocycles. The molecule has 25 heavy (non-hydrogen) atoms. The molecule has 2 N–H and O–H groups in total. The van der Waals surface area contributed by atoms with Gasteiger partial charge >= 0.3 is 0 Å². The fourth-order valence-corrected chi connectivity index (χ4v) is 2.98. The topological polar surface area (TPSA) is 63.4 Å². The normalized spacial score (nSPS) is 10.7. The average molecular weight is 338 g/mol. The third-order valence-electron chi connectivity index (χ3n) is 4.36. The lowest BCUT2D eigenvalue weighted by Gasteiger charge is -2.09. The number of fused-ring (bicyclic) bond motifs is 1. The van der Waals surface area contributed by atoms with Gasteiger partial charge in [-0.3, -0.25) is 4.79 Å². The second kappa shape index (κ2) is 7.30. The first kappa shape index (κ1) is 16.9. The molecule has 5 nitrogen and oxygen atoms in total. The fourth-order valence-electron chi connectivity index (χ4n) is 2.98. The van der Waals surface area contributed by atoms with Crippen LogP contribution in [0.5, 0.6) is 11.5 Å². The zero-order chi connectivity index (χ0) is 17.8. The predicted molar refractivity (Wildman–Crippen MR) is 98.6 cm³/mol. The van der Waals surface area contributed by atoms with Gasteiger partial charge in [-0.25, -0.2) is 0 Å². The molecule has 1 heterocycles. The maximum absolute atomic E-state index is 12.5. The maximum Gasteiger partial charge on any atom is 0.268 e. The highest BCUT2D eigenvalue weighted by Gasteiger charge is 2.15. The largest absolute Gasteiger partial charge is 0.497 e. The van der Waals surface area contributed by atoms with Crippen LogP contribution < -0.4 is 14.8 Å². The van der Waals surface area contributed by atoms with Crippen LogP contribution in [0.3, 0.4) is 0 Å². The van der Waals surface area contributed by atoms with Gasteiger partial charge in [0.2, 0.25) is 0 Å². The van der Waals surface area contributed by atoms with E-state index in [-0.39, 0.29) is 5.91 Å². The number of nitrogens with one attached hydrogen (secondary N) is 2. The third kappa shape index (κ3) is 3.45. The number of hydrogen-bond acceptors (Lipinski definition) is 3. The number of ether oxygens (including phenoxy) is 2. The Bertz CT molecular complexity index is 899. The van der Waals surface area contributed by atoms with Gasteiger partial charge in [-0.15, -0.1) is 0 Å². The van der Waals surface area contributed by atoms with E-state index in [1.807, 2.05) is 49.4 Å². The van der Waals surface area contributed by atoms with Crippen LogP contribution in [0.4, 0.5) is 0 Å². The second-order valence-electron chi connectivity index (χ2n) is 5.85. The maximum atomic E-state index is 12.5. The van der Waals surface area contributed by atoms with Crippen molar-refractivity contribution < 1.29 is 14.3 Å². The van der Waals surface area contributed by atoms with Crippen molar-refractivity contribution in [2.75, 3.05) is 20.8 Å². The van der Waals surface area contributed by atoms with Gasteiger partial charge in [0.05, 0.1) is 14.2 Å². The van der Waals surface area contributed by atoms with Crippen LogP contribution >= 0.6 is 0 Å². The summed E-state index contributed by atoms with van der Waals surface area (Å²) in [6.45, 7) is 2.48. The van der Waals surface area contributed by atoms with E-state index in [0.717, 1.165) is 33.5 Å². The molecule has 5 heteroatoms. The summed E-state index contributed by atoms with van der Waals surface area (Å²) in [5.74, 6) is 1.49. The molecule has 3 rings (SSSR count). The van der Waals surface area contributed by atoms with Crippen molar-refractivity contribution in [2.24, 2.45) is 0 Å². The molecule has 0 fully saturated rings. The molecule has 0 atom stereocenters. The molecule has 0 saturated carbocycles. The number of rotatable bonds is 6. The van der Waals surface area contributed by atoms with E-state index >= 15 is 0 Å². The van der Waals surface area contributed by atoms with Crippen molar-refractivity contribution >= 4 is 16.8 Å². The number of carbonyl (C=O) groups is 1. The van der Waals surface area contributed by atoms with Crippen LogP contribution in [0.2, 0.25) is 0 Å². The Labute approximate surface area is 147 Å². The predicted octanol–water partition coefficient (Wildman–Crippen LogP) is 3.47. The number of aromatic nitrogens is 1. The van der Waals surface area contributed by atoms with Crippen molar-refractivity contribution in [3.63, 3.8) is 0 Å². The SMILES string of the molecule is COc1ccc2c(C)c(C(=O)NCCc3ccccc3OC)[nH]c2c1. The molecule has 1 aromatic heterocycles. The molecule has 0 bridgehead atoms. The average Bonchev–Trinajstić information content (AvgIpc) is 2.98. The van der Waals surface area contributed by atoms with Crippen LogP contribution in [0, 0.1) is 6.92 Å². The van der Waals surface area contributed by atoms with E-state index in [4.69, 9.17) is 9.47 Å². The Morgan fingerprint density at radius 2 is 1.92 bits per heavy atom. The van der Waals surface area contributed by atoms with Gasteiger partial charge in [0.1, 0.15) is 17.2 Å². The lowest BCUT2D eigenvalue weighted by Crippen LogP contribution is -2.26. The number of aromatic amines is 1. The number of methoxy groups -OCH3 is 2. The van der Waals surface area contributed by atoms with Crippen LogP contribution in [-0.2, 0) is 6.42 Å². The zero-order valence-corrected chi connectivity index (χ0v) is 14.7. The van der Waals surface area contributed by atoms with Gasteiger partial charge in [-0.1, -0.05) is 18.2 Å². The summed E-state index contributed by atoms with van der Waals surface area (Å²) in [7, 11) is 3.28. The smallest absolute Gasteiger partial charge is 0.268 e. The zero-order valence-electron chi connectivity index (χ0n) is 14.7. The van der Waals surface area contributed by atoms with E-state index in [1.165, 1.54) is 0 Å². The molecular weight excluding hydrogens is 316 g/mol. The van der Waals surface area contributed by atoms with Crippen LogP contribution in [-0.4, -0.2) is 31.7 Å². The Hall–Kier alpha value is -2.95. The molecule has 0 aliphatic rings. The number of amides is 1. The summed E-state index contributed by atoms with van der Waals surface area (Å²) in [6.07, 6.45) is 0.711. The van der Waals surface area contributed by atoms with Gasteiger partial charge in [0.25, 0.3) is 5.91 Å². The Morgan fingerprint density at radius 1 is 1.12 bits per heavy atom. The van der Waals surface area contributed by atoms with Crippen molar-refractivity contribution in [1.29, 1.82) is 0 Å². The highest BCUT2D eigenvalue weighted by atomic mass is 16.5. The molecule has 2 aromatic carbocycles. The van der Waals surface area contributed by atoms with Crippen LogP contribution in [0.25, 0.3) is 10.9 Å². The van der Waals surface area contributed by atoms with Crippen LogP contribution in [0.15, 0.2) is 42.5 Å². The van der Waals surface area contributed by atoms with Crippen molar-refractivity contribution in [1.82, 2.24) is 10.3 Å². The monoisotopic (exact) mass is 338 g/mol. The Kier molecular flexibility index (Phi) is 4.93. The first-order valence-corrected chi connectivity index (χ1v) is 8.20.